The number of allylic oxidation sites excluding steroid dienone is 4. The van der Waals surface area contributed by atoms with Gasteiger partial charge in [0, 0.05) is 32.7 Å². The molecule has 0 spiro atoms. The second-order valence-electron chi connectivity index (χ2n) is 1.28. The number of hydrogen-bond donors (Lipinski definition) is 0. The molecule has 0 saturated carbocycles. The predicted octanol–water partition coefficient (Wildman–Crippen LogP) is 1.91. The molecular weight excluding hydrogens is 173 g/mol. The van der Waals surface area contributed by atoms with Crippen LogP contribution in [0.2, 0.25) is 0 Å². The first-order valence-corrected chi connectivity index (χ1v) is 2.06. The van der Waals surface area contributed by atoms with E-state index in [1.807, 2.05) is 6.92 Å². The Labute approximate surface area is 76.2 Å². The van der Waals surface area contributed by atoms with Crippen molar-refractivity contribution >= 4 is 0 Å². The summed E-state index contributed by atoms with van der Waals surface area (Å²) in [4.78, 5) is 0. The van der Waals surface area contributed by atoms with Crippen LogP contribution in [0.4, 0.5) is 0 Å². The normalized spacial score (nSPS) is 8.12. The molecule has 0 heterocycles. The van der Waals surface area contributed by atoms with Gasteiger partial charge in [-0.25, -0.2) is 0 Å². The van der Waals surface area contributed by atoms with Gasteiger partial charge in [0.15, 0.2) is 0 Å². The topological polar surface area (TPSA) is 0 Å². The summed E-state index contributed by atoms with van der Waals surface area (Å²) in [5.74, 6) is 0. The summed E-state index contributed by atoms with van der Waals surface area (Å²) in [5.41, 5.74) is 0.890. The molecule has 0 N–H and O–H groups in total. The monoisotopic (exact) mass is 181 g/mol. The van der Waals surface area contributed by atoms with Crippen LogP contribution < -0.4 is 0 Å². The third-order valence-electron chi connectivity index (χ3n) is 0.426. The van der Waals surface area contributed by atoms with E-state index in [-0.39, 0.29) is 32.7 Å². The maximum Gasteiger partial charge on any atom is 0 e. The predicted molar refractivity (Wildman–Crippen MR) is 31.5 cm³/mol. The van der Waals surface area contributed by atoms with Crippen molar-refractivity contribution in [1.82, 2.24) is 0 Å². The van der Waals surface area contributed by atoms with Gasteiger partial charge in [-0.15, -0.1) is 0 Å². The van der Waals surface area contributed by atoms with Crippen LogP contribution in [0.1, 0.15) is 6.92 Å². The first-order chi connectivity index (χ1) is 3.27. The third kappa shape index (κ3) is 9.59. The molecular formula is C7H8Y-2. The number of hydrogen-bond acceptors (Lipinski definition) is 0. The van der Waals surface area contributed by atoms with Crippen LogP contribution in [-0.2, 0) is 32.7 Å². The molecule has 0 fully saturated rings. The van der Waals surface area contributed by atoms with Gasteiger partial charge in [0.2, 0.25) is 0 Å². The standard InChI is InChI=1S/C7H8.Y/c1-4-5-6-7(2)3;/h1,4-5H,2H2,3H3;/q-2;. The molecule has 0 saturated heterocycles. The average Bonchev–Trinajstić information content (AvgIpc) is 1.61. The zero-order valence-corrected chi connectivity index (χ0v) is 7.85. The molecule has 0 aliphatic carbocycles. The summed E-state index contributed by atoms with van der Waals surface area (Å²) in [6, 6.07) is 0. The molecule has 8 heavy (non-hydrogen) atoms. The van der Waals surface area contributed by atoms with Crippen molar-refractivity contribution in [3.8, 4) is 0 Å². The zero-order chi connectivity index (χ0) is 5.70. The largest absolute Gasteiger partial charge is 0.361 e. The van der Waals surface area contributed by atoms with Crippen LogP contribution in [0.15, 0.2) is 24.3 Å². The van der Waals surface area contributed by atoms with Crippen LogP contribution in [0.25, 0.3) is 0 Å². The molecule has 1 heteroatoms. The summed E-state index contributed by atoms with van der Waals surface area (Å²) in [5, 5.41) is 0. The van der Waals surface area contributed by atoms with Gasteiger partial charge in [-0.3, -0.25) is 6.08 Å². The summed E-state index contributed by atoms with van der Waals surface area (Å²) in [6.45, 7) is 10.4. The van der Waals surface area contributed by atoms with Gasteiger partial charge in [-0.05, 0) is 0 Å². The Hall–Kier alpha value is 0.324. The Balaban J connectivity index is 0. The van der Waals surface area contributed by atoms with E-state index in [1.165, 1.54) is 6.08 Å². The molecule has 41 valence electrons. The molecule has 0 rings (SSSR count). The Kier molecular flexibility index (Phi) is 10.2. The van der Waals surface area contributed by atoms with E-state index >= 15 is 0 Å². The average molecular weight is 181 g/mol. The fourth-order valence-electron chi connectivity index (χ4n) is 0.190. The van der Waals surface area contributed by atoms with E-state index in [4.69, 9.17) is 6.58 Å². The molecule has 0 unspecified atom stereocenters. The second-order valence-corrected chi connectivity index (χ2v) is 1.28. The summed E-state index contributed by atoms with van der Waals surface area (Å²) in [6.07, 6.45) is 5.85. The van der Waals surface area contributed by atoms with E-state index in [2.05, 4.69) is 12.7 Å². The van der Waals surface area contributed by atoms with Crippen molar-refractivity contribution in [3.63, 3.8) is 0 Å². The van der Waals surface area contributed by atoms with Gasteiger partial charge in [0.25, 0.3) is 0 Å². The minimum atomic E-state index is 0. The molecule has 0 aliphatic heterocycles. The molecule has 0 nitrogen and oxygen atoms in total. The smallest absolute Gasteiger partial charge is 0 e. The van der Waals surface area contributed by atoms with Crippen LogP contribution in [0.5, 0.6) is 0 Å². The van der Waals surface area contributed by atoms with Crippen LogP contribution in [-0.4, -0.2) is 0 Å². The molecule has 0 amide bonds. The second kappa shape index (κ2) is 7.32. The maximum atomic E-state index is 4.99. The van der Waals surface area contributed by atoms with E-state index in [0.717, 1.165) is 5.57 Å². The van der Waals surface area contributed by atoms with E-state index < -0.39 is 0 Å². The molecule has 0 aliphatic rings. The molecule has 0 atom stereocenters. The first-order valence-electron chi connectivity index (χ1n) is 2.06. The van der Waals surface area contributed by atoms with Gasteiger partial charge in [-0.1, -0.05) is 6.92 Å². The molecule has 0 aromatic carbocycles. The van der Waals surface area contributed by atoms with Gasteiger partial charge >= 0.3 is 0 Å². The molecule has 1 radical (unpaired) electrons. The van der Waals surface area contributed by atoms with E-state index in [1.54, 1.807) is 6.08 Å². The minimum Gasteiger partial charge on any atom is -0.361 e. The van der Waals surface area contributed by atoms with Crippen molar-refractivity contribution in [3.05, 3.63) is 37.0 Å². The first kappa shape index (κ1) is 11.2. The van der Waals surface area contributed by atoms with Gasteiger partial charge < -0.3 is 18.7 Å². The quantitative estimate of drug-likeness (QED) is 0.450. The van der Waals surface area contributed by atoms with Crippen molar-refractivity contribution in [1.29, 1.82) is 0 Å². The summed E-state index contributed by atoms with van der Waals surface area (Å²) >= 11 is 0. The van der Waals surface area contributed by atoms with Crippen LogP contribution in [0, 0.1) is 12.7 Å². The summed E-state index contributed by atoms with van der Waals surface area (Å²) in [7, 11) is 0. The molecule has 0 aromatic heterocycles. The Bertz CT molecular complexity index is 101. The van der Waals surface area contributed by atoms with Crippen molar-refractivity contribution in [2.24, 2.45) is 0 Å². The van der Waals surface area contributed by atoms with Crippen molar-refractivity contribution in [2.75, 3.05) is 0 Å². The Morgan fingerprint density at radius 3 is 2.38 bits per heavy atom. The van der Waals surface area contributed by atoms with Crippen molar-refractivity contribution in [2.45, 2.75) is 6.92 Å². The number of rotatable bonds is 2. The van der Waals surface area contributed by atoms with Crippen LogP contribution >= 0.6 is 0 Å². The fourth-order valence-corrected chi connectivity index (χ4v) is 0.190. The van der Waals surface area contributed by atoms with Gasteiger partial charge in [-0.2, -0.15) is 12.2 Å². The van der Waals surface area contributed by atoms with Gasteiger partial charge in [0.1, 0.15) is 0 Å². The molecule has 0 bridgehead atoms. The van der Waals surface area contributed by atoms with E-state index in [0.29, 0.717) is 0 Å². The Morgan fingerprint density at radius 2 is 2.25 bits per heavy atom. The van der Waals surface area contributed by atoms with Crippen molar-refractivity contribution < 1.29 is 32.7 Å². The minimum absolute atomic E-state index is 0. The Morgan fingerprint density at radius 1 is 1.75 bits per heavy atom. The maximum absolute atomic E-state index is 4.99. The zero-order valence-electron chi connectivity index (χ0n) is 5.02. The fraction of sp³-hybridized carbons (Fsp3) is 0.143. The van der Waals surface area contributed by atoms with Gasteiger partial charge in [0.05, 0.1) is 0 Å². The van der Waals surface area contributed by atoms with Crippen LogP contribution in [0.3, 0.4) is 0 Å². The molecule has 0 aromatic rings. The summed E-state index contributed by atoms with van der Waals surface area (Å²) < 4.78 is 0. The van der Waals surface area contributed by atoms with E-state index in [9.17, 15) is 0 Å². The third-order valence-corrected chi connectivity index (χ3v) is 0.426. The SMILES string of the molecule is [CH-]=CC=[C-]C(=C)C.[Y].